The summed E-state index contributed by atoms with van der Waals surface area (Å²) in [7, 11) is 0. The molecule has 0 saturated carbocycles. The fraction of sp³-hybridized carbons (Fsp3) is 0.588. The molecule has 1 aliphatic heterocycles. The molecule has 0 atom stereocenters. The third kappa shape index (κ3) is 5.81. The third-order valence-corrected chi connectivity index (χ3v) is 3.64. The van der Waals surface area contributed by atoms with Crippen molar-refractivity contribution < 1.29 is 14.3 Å². The van der Waals surface area contributed by atoms with Crippen LogP contribution in [0.3, 0.4) is 0 Å². The number of hydrogen-bond acceptors (Lipinski definition) is 6. The van der Waals surface area contributed by atoms with E-state index in [2.05, 4.69) is 10.1 Å². The quantitative estimate of drug-likeness (QED) is 0.774. The molecule has 0 aromatic heterocycles. The van der Waals surface area contributed by atoms with Crippen LogP contribution in [0.5, 0.6) is 5.75 Å². The van der Waals surface area contributed by atoms with Gasteiger partial charge in [0.2, 0.25) is 0 Å². The van der Waals surface area contributed by atoms with Gasteiger partial charge in [-0.15, -0.1) is 4.91 Å². The minimum absolute atomic E-state index is 0.248. The number of amides is 1. The molecule has 1 aromatic carbocycles. The van der Waals surface area contributed by atoms with Gasteiger partial charge in [0.1, 0.15) is 23.6 Å². The van der Waals surface area contributed by atoms with E-state index in [4.69, 9.17) is 9.47 Å². The molecular formula is C17H25N3O4. The van der Waals surface area contributed by atoms with Gasteiger partial charge in [-0.3, -0.25) is 4.90 Å². The lowest BCUT2D eigenvalue weighted by molar-refractivity contribution is 0.0137. The van der Waals surface area contributed by atoms with E-state index in [1.54, 1.807) is 29.2 Å². The van der Waals surface area contributed by atoms with E-state index >= 15 is 0 Å². The lowest BCUT2D eigenvalue weighted by Gasteiger charge is -2.35. The molecule has 24 heavy (non-hydrogen) atoms. The van der Waals surface area contributed by atoms with Crippen molar-refractivity contribution in [3.63, 3.8) is 0 Å². The third-order valence-electron chi connectivity index (χ3n) is 3.64. The smallest absolute Gasteiger partial charge is 0.410 e. The van der Waals surface area contributed by atoms with Crippen LogP contribution in [0, 0.1) is 4.91 Å². The fourth-order valence-electron chi connectivity index (χ4n) is 2.38. The molecule has 1 heterocycles. The highest BCUT2D eigenvalue weighted by molar-refractivity contribution is 5.68. The van der Waals surface area contributed by atoms with Crippen molar-refractivity contribution in [1.29, 1.82) is 0 Å². The Labute approximate surface area is 142 Å². The number of piperazine rings is 1. The van der Waals surface area contributed by atoms with E-state index < -0.39 is 5.60 Å². The summed E-state index contributed by atoms with van der Waals surface area (Å²) < 4.78 is 11.0. The highest BCUT2D eigenvalue weighted by atomic mass is 16.6. The zero-order chi connectivity index (χ0) is 17.6. The second-order valence-corrected chi connectivity index (χ2v) is 6.74. The Morgan fingerprint density at radius 3 is 2.29 bits per heavy atom. The summed E-state index contributed by atoms with van der Waals surface area (Å²) in [6.45, 7) is 9.88. The van der Waals surface area contributed by atoms with Crippen LogP contribution in [0.15, 0.2) is 29.4 Å². The zero-order valence-corrected chi connectivity index (χ0v) is 14.5. The summed E-state index contributed by atoms with van der Waals surface area (Å²) in [6.07, 6.45) is -0.248. The number of nitrogens with zero attached hydrogens (tertiary/aromatic N) is 3. The molecule has 1 aromatic rings. The molecule has 1 aliphatic rings. The molecule has 0 aliphatic carbocycles. The first-order chi connectivity index (χ1) is 11.4. The molecule has 0 bridgehead atoms. The Bertz CT molecular complexity index is 546. The van der Waals surface area contributed by atoms with Gasteiger partial charge in [-0.1, -0.05) is 0 Å². The molecular weight excluding hydrogens is 310 g/mol. The lowest BCUT2D eigenvalue weighted by Crippen LogP contribution is -2.50. The lowest BCUT2D eigenvalue weighted by atomic mass is 10.2. The van der Waals surface area contributed by atoms with Gasteiger partial charge >= 0.3 is 6.09 Å². The van der Waals surface area contributed by atoms with Gasteiger partial charge in [0.05, 0.1) is 0 Å². The Hall–Kier alpha value is -2.15. The average molecular weight is 335 g/mol. The van der Waals surface area contributed by atoms with Crippen molar-refractivity contribution in [2.75, 3.05) is 39.3 Å². The second kappa shape index (κ2) is 8.10. The molecule has 0 unspecified atom stereocenters. The second-order valence-electron chi connectivity index (χ2n) is 6.74. The van der Waals surface area contributed by atoms with Gasteiger partial charge < -0.3 is 14.4 Å². The summed E-state index contributed by atoms with van der Waals surface area (Å²) in [5.41, 5.74) is -0.0719. The number of rotatable bonds is 5. The maximum absolute atomic E-state index is 12.0. The number of benzene rings is 1. The van der Waals surface area contributed by atoms with E-state index in [1.807, 2.05) is 20.8 Å². The molecule has 1 saturated heterocycles. The van der Waals surface area contributed by atoms with Gasteiger partial charge in [0.15, 0.2) is 0 Å². The maximum Gasteiger partial charge on any atom is 0.410 e. The van der Waals surface area contributed by atoms with Gasteiger partial charge in [0.25, 0.3) is 0 Å². The number of ether oxygens (including phenoxy) is 2. The van der Waals surface area contributed by atoms with Crippen LogP contribution in [0.25, 0.3) is 0 Å². The Morgan fingerprint density at radius 1 is 1.12 bits per heavy atom. The first-order valence-corrected chi connectivity index (χ1v) is 8.14. The topological polar surface area (TPSA) is 71.4 Å². The molecule has 7 heteroatoms. The summed E-state index contributed by atoms with van der Waals surface area (Å²) in [5.74, 6) is 0.717. The van der Waals surface area contributed by atoms with Crippen molar-refractivity contribution in [2.24, 2.45) is 5.18 Å². The summed E-state index contributed by atoms with van der Waals surface area (Å²) in [5, 5.41) is 2.85. The van der Waals surface area contributed by atoms with Gasteiger partial charge in [-0.05, 0) is 50.2 Å². The van der Waals surface area contributed by atoms with Crippen LogP contribution in [0.4, 0.5) is 10.5 Å². The Balaban J connectivity index is 1.67. The van der Waals surface area contributed by atoms with Crippen LogP contribution in [-0.2, 0) is 4.74 Å². The maximum atomic E-state index is 12.0. The number of nitroso groups, excluding NO2 is 1. The van der Waals surface area contributed by atoms with Crippen LogP contribution in [0.1, 0.15) is 20.8 Å². The average Bonchev–Trinajstić information content (AvgIpc) is 2.54. The minimum atomic E-state index is -0.461. The van der Waals surface area contributed by atoms with E-state index in [1.165, 1.54) is 0 Å². The molecule has 0 radical (unpaired) electrons. The van der Waals surface area contributed by atoms with Crippen LogP contribution in [-0.4, -0.2) is 60.8 Å². The Kier molecular flexibility index (Phi) is 6.14. The number of carbonyl (C=O) groups excluding carboxylic acids is 1. The molecule has 132 valence electrons. The predicted octanol–water partition coefficient (Wildman–Crippen LogP) is 3.02. The minimum Gasteiger partial charge on any atom is -0.492 e. The summed E-state index contributed by atoms with van der Waals surface area (Å²) in [4.78, 5) is 26.4. The summed E-state index contributed by atoms with van der Waals surface area (Å²) in [6, 6.07) is 6.72. The van der Waals surface area contributed by atoms with Crippen molar-refractivity contribution in [3.05, 3.63) is 29.2 Å². The van der Waals surface area contributed by atoms with Gasteiger partial charge in [0, 0.05) is 32.7 Å². The first-order valence-electron chi connectivity index (χ1n) is 8.14. The predicted molar refractivity (Wildman–Crippen MR) is 91.6 cm³/mol. The number of hydrogen-bond donors (Lipinski definition) is 0. The number of carbonyl (C=O) groups is 1. The molecule has 0 N–H and O–H groups in total. The van der Waals surface area contributed by atoms with E-state index in [-0.39, 0.29) is 6.09 Å². The SMILES string of the molecule is CC(C)(C)OC(=O)N1CCN(CCOc2ccc(N=O)cc2)CC1. The zero-order valence-electron chi connectivity index (χ0n) is 14.5. The highest BCUT2D eigenvalue weighted by Gasteiger charge is 2.25. The molecule has 1 fully saturated rings. The van der Waals surface area contributed by atoms with Crippen LogP contribution < -0.4 is 4.74 Å². The van der Waals surface area contributed by atoms with Gasteiger partial charge in [-0.25, -0.2) is 4.79 Å². The Morgan fingerprint density at radius 2 is 1.75 bits per heavy atom. The highest BCUT2D eigenvalue weighted by Crippen LogP contribution is 2.17. The van der Waals surface area contributed by atoms with Gasteiger partial charge in [-0.2, -0.15) is 0 Å². The molecule has 2 rings (SSSR count). The monoisotopic (exact) mass is 335 g/mol. The van der Waals surface area contributed by atoms with E-state index in [0.717, 1.165) is 25.4 Å². The first kappa shape index (κ1) is 18.2. The normalized spacial score (nSPS) is 15.9. The molecule has 7 nitrogen and oxygen atoms in total. The molecule has 0 spiro atoms. The molecule has 1 amide bonds. The van der Waals surface area contributed by atoms with Crippen LogP contribution in [0.2, 0.25) is 0 Å². The van der Waals surface area contributed by atoms with E-state index in [0.29, 0.717) is 25.4 Å². The van der Waals surface area contributed by atoms with Crippen molar-refractivity contribution >= 4 is 11.8 Å². The van der Waals surface area contributed by atoms with Crippen molar-refractivity contribution in [2.45, 2.75) is 26.4 Å². The van der Waals surface area contributed by atoms with E-state index in [9.17, 15) is 9.70 Å². The standard InChI is InChI=1S/C17H25N3O4/c1-17(2,3)24-16(21)20-10-8-19(9-11-20)12-13-23-15-6-4-14(18-22)5-7-15/h4-7H,8-13H2,1-3H3. The van der Waals surface area contributed by atoms with Crippen molar-refractivity contribution in [3.8, 4) is 5.75 Å². The van der Waals surface area contributed by atoms with Crippen molar-refractivity contribution in [1.82, 2.24) is 9.80 Å². The fourth-order valence-corrected chi connectivity index (χ4v) is 2.38. The summed E-state index contributed by atoms with van der Waals surface area (Å²) >= 11 is 0. The van der Waals surface area contributed by atoms with Crippen LogP contribution >= 0.6 is 0 Å². The largest absolute Gasteiger partial charge is 0.492 e.